The van der Waals surface area contributed by atoms with Gasteiger partial charge in [-0.15, -0.1) is 0 Å². The Hall–Kier alpha value is -1.89. The molecule has 0 fully saturated rings. The Labute approximate surface area is 153 Å². The lowest BCUT2D eigenvalue weighted by Gasteiger charge is -2.22. The van der Waals surface area contributed by atoms with Gasteiger partial charge in [0.1, 0.15) is 0 Å². The lowest BCUT2D eigenvalue weighted by Crippen LogP contribution is -2.40. The number of halogens is 1. The number of rotatable bonds is 7. The van der Waals surface area contributed by atoms with Crippen LogP contribution in [0.3, 0.4) is 0 Å². The molecule has 25 heavy (non-hydrogen) atoms. The minimum atomic E-state index is -3.81. The molecule has 1 amide bonds. The predicted molar refractivity (Wildman–Crippen MR) is 98.9 cm³/mol. The molecule has 0 bridgehead atoms. The molecule has 0 spiro atoms. The van der Waals surface area contributed by atoms with Gasteiger partial charge in [0, 0.05) is 18.1 Å². The van der Waals surface area contributed by atoms with Gasteiger partial charge >= 0.3 is 0 Å². The average Bonchev–Trinajstić information content (AvgIpc) is 2.55. The Morgan fingerprint density at radius 2 is 1.84 bits per heavy atom. The van der Waals surface area contributed by atoms with E-state index >= 15 is 0 Å². The monoisotopic (exact) mass is 380 g/mol. The average molecular weight is 381 g/mol. The standard InChI is InChI=1S/C18H21ClN2O3S/c1-3-20-18(22)13-21(12-15-5-4-6-16(19)11-15)25(23,24)17-9-7-14(2)8-10-17/h4-11H,3,12-13H2,1-2H3,(H,20,22). The third kappa shape index (κ3) is 5.29. The number of sulfonamides is 1. The van der Waals surface area contributed by atoms with Crippen LogP contribution in [0, 0.1) is 6.92 Å². The summed E-state index contributed by atoms with van der Waals surface area (Å²) >= 11 is 5.99. The van der Waals surface area contributed by atoms with Crippen molar-refractivity contribution in [2.24, 2.45) is 0 Å². The van der Waals surface area contributed by atoms with Gasteiger partial charge in [-0.2, -0.15) is 4.31 Å². The first-order chi connectivity index (χ1) is 11.8. The maximum Gasteiger partial charge on any atom is 0.243 e. The first kappa shape index (κ1) is 19.4. The first-order valence-corrected chi connectivity index (χ1v) is 9.72. The maximum absolute atomic E-state index is 13.0. The number of likely N-dealkylation sites (N-methyl/N-ethyl adjacent to an activating group) is 1. The Morgan fingerprint density at radius 1 is 1.16 bits per heavy atom. The van der Waals surface area contributed by atoms with E-state index in [0.717, 1.165) is 9.87 Å². The lowest BCUT2D eigenvalue weighted by atomic mass is 10.2. The molecule has 0 aliphatic rings. The number of benzene rings is 2. The van der Waals surface area contributed by atoms with Crippen LogP contribution in [0.2, 0.25) is 5.02 Å². The summed E-state index contributed by atoms with van der Waals surface area (Å²) in [6.07, 6.45) is 0. The summed E-state index contributed by atoms with van der Waals surface area (Å²) in [6.45, 7) is 3.92. The van der Waals surface area contributed by atoms with Crippen LogP contribution in [-0.4, -0.2) is 31.7 Å². The highest BCUT2D eigenvalue weighted by molar-refractivity contribution is 7.89. The van der Waals surface area contributed by atoms with Crippen LogP contribution in [0.5, 0.6) is 0 Å². The molecule has 2 rings (SSSR count). The van der Waals surface area contributed by atoms with E-state index in [-0.39, 0.29) is 23.9 Å². The molecule has 0 aliphatic heterocycles. The number of carbonyl (C=O) groups excluding carboxylic acids is 1. The summed E-state index contributed by atoms with van der Waals surface area (Å²) in [5.41, 5.74) is 1.68. The highest BCUT2D eigenvalue weighted by Gasteiger charge is 2.26. The molecule has 2 aromatic carbocycles. The molecule has 0 heterocycles. The fourth-order valence-electron chi connectivity index (χ4n) is 2.34. The smallest absolute Gasteiger partial charge is 0.243 e. The van der Waals surface area contributed by atoms with Gasteiger partial charge in [0.05, 0.1) is 11.4 Å². The van der Waals surface area contributed by atoms with Crippen molar-refractivity contribution in [3.63, 3.8) is 0 Å². The minimum Gasteiger partial charge on any atom is -0.355 e. The topological polar surface area (TPSA) is 66.5 Å². The lowest BCUT2D eigenvalue weighted by molar-refractivity contribution is -0.121. The minimum absolute atomic E-state index is 0.0634. The number of nitrogens with zero attached hydrogens (tertiary/aromatic N) is 1. The zero-order chi connectivity index (χ0) is 18.4. The highest BCUT2D eigenvalue weighted by atomic mass is 35.5. The summed E-state index contributed by atoms with van der Waals surface area (Å²) in [4.78, 5) is 12.2. The molecule has 0 aromatic heterocycles. The molecule has 1 N–H and O–H groups in total. The van der Waals surface area contributed by atoms with Gasteiger partial charge < -0.3 is 5.32 Å². The fraction of sp³-hybridized carbons (Fsp3) is 0.278. The van der Waals surface area contributed by atoms with E-state index in [1.165, 1.54) is 0 Å². The highest BCUT2D eigenvalue weighted by Crippen LogP contribution is 2.20. The SMILES string of the molecule is CCNC(=O)CN(Cc1cccc(Cl)c1)S(=O)(=O)c1ccc(C)cc1. The quantitative estimate of drug-likeness (QED) is 0.803. The third-order valence-corrected chi connectivity index (χ3v) is 5.64. The van der Waals surface area contributed by atoms with Crippen molar-refractivity contribution in [3.8, 4) is 0 Å². The Kier molecular flexibility index (Phi) is 6.58. The molecule has 0 radical (unpaired) electrons. The predicted octanol–water partition coefficient (Wildman–Crippen LogP) is 2.98. The fourth-order valence-corrected chi connectivity index (χ4v) is 3.93. The van der Waals surface area contributed by atoms with Crippen LogP contribution in [0.25, 0.3) is 0 Å². The largest absolute Gasteiger partial charge is 0.355 e. The third-order valence-electron chi connectivity index (χ3n) is 3.60. The van der Waals surface area contributed by atoms with E-state index in [1.54, 1.807) is 55.5 Å². The molecular formula is C18H21ClN2O3S. The van der Waals surface area contributed by atoms with Crippen LogP contribution in [0.1, 0.15) is 18.1 Å². The van der Waals surface area contributed by atoms with Gasteiger partial charge in [0.25, 0.3) is 0 Å². The summed E-state index contributed by atoms with van der Waals surface area (Å²) in [7, 11) is -3.81. The first-order valence-electron chi connectivity index (χ1n) is 7.91. The van der Waals surface area contributed by atoms with Gasteiger partial charge in [-0.05, 0) is 43.7 Å². The van der Waals surface area contributed by atoms with E-state index in [0.29, 0.717) is 17.1 Å². The molecule has 5 nitrogen and oxygen atoms in total. The molecule has 2 aromatic rings. The number of hydrogen-bond acceptors (Lipinski definition) is 3. The number of amides is 1. The molecule has 7 heteroatoms. The normalized spacial score (nSPS) is 11.5. The van der Waals surface area contributed by atoms with Crippen molar-refractivity contribution in [1.82, 2.24) is 9.62 Å². The molecule has 0 atom stereocenters. The van der Waals surface area contributed by atoms with E-state index in [4.69, 9.17) is 11.6 Å². The van der Waals surface area contributed by atoms with E-state index in [2.05, 4.69) is 5.32 Å². The van der Waals surface area contributed by atoms with E-state index in [1.807, 2.05) is 6.92 Å². The number of nitrogens with one attached hydrogen (secondary N) is 1. The summed E-state index contributed by atoms with van der Waals surface area (Å²) in [6, 6.07) is 13.5. The number of aryl methyl sites for hydroxylation is 1. The summed E-state index contributed by atoms with van der Waals surface area (Å²) in [5, 5.41) is 3.15. The van der Waals surface area contributed by atoms with Crippen LogP contribution in [-0.2, 0) is 21.4 Å². The van der Waals surface area contributed by atoms with Crippen LogP contribution in [0.4, 0.5) is 0 Å². The van der Waals surface area contributed by atoms with Crippen molar-refractivity contribution in [3.05, 3.63) is 64.7 Å². The molecule has 0 saturated carbocycles. The zero-order valence-corrected chi connectivity index (χ0v) is 15.8. The second-order valence-electron chi connectivity index (χ2n) is 5.67. The summed E-state index contributed by atoms with van der Waals surface area (Å²) < 4.78 is 27.1. The molecule has 0 aliphatic carbocycles. The van der Waals surface area contributed by atoms with Crippen molar-refractivity contribution < 1.29 is 13.2 Å². The maximum atomic E-state index is 13.0. The van der Waals surface area contributed by atoms with Crippen molar-refractivity contribution in [2.45, 2.75) is 25.3 Å². The Bertz CT molecular complexity index is 836. The molecular weight excluding hydrogens is 360 g/mol. The van der Waals surface area contributed by atoms with Gasteiger partial charge in [-0.1, -0.05) is 41.4 Å². The van der Waals surface area contributed by atoms with Crippen molar-refractivity contribution in [1.29, 1.82) is 0 Å². The summed E-state index contributed by atoms with van der Waals surface area (Å²) in [5.74, 6) is -0.347. The Morgan fingerprint density at radius 3 is 2.44 bits per heavy atom. The zero-order valence-electron chi connectivity index (χ0n) is 14.2. The van der Waals surface area contributed by atoms with Crippen LogP contribution >= 0.6 is 11.6 Å². The molecule has 0 saturated heterocycles. The van der Waals surface area contributed by atoms with E-state index < -0.39 is 10.0 Å². The van der Waals surface area contributed by atoms with Crippen LogP contribution in [0.15, 0.2) is 53.4 Å². The Balaban J connectivity index is 2.35. The van der Waals surface area contributed by atoms with Gasteiger partial charge in [0.2, 0.25) is 15.9 Å². The molecule has 0 unspecified atom stereocenters. The van der Waals surface area contributed by atoms with Crippen molar-refractivity contribution in [2.75, 3.05) is 13.1 Å². The number of carbonyl (C=O) groups is 1. The second kappa shape index (κ2) is 8.47. The molecule has 134 valence electrons. The van der Waals surface area contributed by atoms with Crippen LogP contribution < -0.4 is 5.32 Å². The number of hydrogen-bond donors (Lipinski definition) is 1. The van der Waals surface area contributed by atoms with Crippen molar-refractivity contribution >= 4 is 27.5 Å². The van der Waals surface area contributed by atoms with Gasteiger partial charge in [0.15, 0.2) is 0 Å². The van der Waals surface area contributed by atoms with Gasteiger partial charge in [-0.25, -0.2) is 8.42 Å². The second-order valence-corrected chi connectivity index (χ2v) is 8.04. The van der Waals surface area contributed by atoms with Gasteiger partial charge in [-0.3, -0.25) is 4.79 Å². The van der Waals surface area contributed by atoms with E-state index in [9.17, 15) is 13.2 Å².